The quantitative estimate of drug-likeness (QED) is 0.318. The highest BCUT2D eigenvalue weighted by molar-refractivity contribution is 7.72. The van der Waals surface area contributed by atoms with Gasteiger partial charge >= 0.3 is 15.2 Å². The Morgan fingerprint density at radius 1 is 1.21 bits per heavy atom. The second-order valence-electron chi connectivity index (χ2n) is 2.72. The van der Waals surface area contributed by atoms with Crippen LogP contribution in [0.4, 0.5) is 0 Å². The van der Waals surface area contributed by atoms with E-state index in [1.54, 1.807) is 0 Å². The lowest BCUT2D eigenvalue weighted by Crippen LogP contribution is -2.29. The molecular weight excluding hydrogens is 236 g/mol. The zero-order valence-corrected chi connectivity index (χ0v) is 8.90. The Morgan fingerprint density at radius 2 is 1.64 bits per heavy atom. The number of aliphatic hydroxyl groups is 1. The fourth-order valence-corrected chi connectivity index (χ4v) is 3.05. The predicted molar refractivity (Wildman–Crippen MR) is 47.3 cm³/mol. The molecule has 86 valence electrons. The van der Waals surface area contributed by atoms with Gasteiger partial charge in [0.2, 0.25) is 1.43 Å². The van der Waals surface area contributed by atoms with Crippen molar-refractivity contribution < 1.29 is 33.8 Å². The molecule has 0 saturated heterocycles. The van der Waals surface area contributed by atoms with Crippen molar-refractivity contribution >= 4 is 15.2 Å². The second-order valence-corrected chi connectivity index (χ2v) is 6.70. The molecule has 0 atom stereocenters. The molecule has 0 rings (SSSR count). The zero-order valence-electron chi connectivity index (χ0n) is 8.11. The molecule has 0 aromatic carbocycles. The highest BCUT2D eigenvalue weighted by atomic mass is 31.2. The smallest absolute Gasteiger partial charge is 0.368 e. The summed E-state index contributed by atoms with van der Waals surface area (Å²) in [5, 5.41) is 0.525. The summed E-state index contributed by atoms with van der Waals surface area (Å²) in [6, 6.07) is 0. The maximum Gasteiger partial charge on any atom is 0.369 e. The Hall–Kier alpha value is 0.220. The Bertz CT molecular complexity index is 275. The van der Waals surface area contributed by atoms with E-state index in [9.17, 15) is 9.13 Å². The van der Waals surface area contributed by atoms with E-state index in [1.165, 1.54) is 0 Å². The van der Waals surface area contributed by atoms with Gasteiger partial charge < -0.3 is 30.4 Å². The van der Waals surface area contributed by atoms with Crippen LogP contribution < -0.4 is 5.73 Å². The van der Waals surface area contributed by atoms with Gasteiger partial charge in [0.25, 0.3) is 5.08 Å². The second kappa shape index (κ2) is 4.38. The van der Waals surface area contributed by atoms with Crippen LogP contribution in [0.15, 0.2) is 0 Å². The van der Waals surface area contributed by atoms with Gasteiger partial charge in [0.15, 0.2) is 0 Å². The summed E-state index contributed by atoms with van der Waals surface area (Å²) < 4.78 is 28.4. The minimum atomic E-state index is -5.29. The third kappa shape index (κ3) is 2.85. The summed E-state index contributed by atoms with van der Waals surface area (Å²) in [4.78, 5) is 35.3. The van der Waals surface area contributed by atoms with Gasteiger partial charge in [-0.3, -0.25) is 9.13 Å². The summed E-state index contributed by atoms with van der Waals surface area (Å²) in [6.07, 6.45) is -0.781. The van der Waals surface area contributed by atoms with Gasteiger partial charge in [0.1, 0.15) is 0 Å². The normalized spacial score (nSPS) is 15.4. The van der Waals surface area contributed by atoms with Crippen LogP contribution in [0.5, 0.6) is 0 Å². The average molecular weight is 251 g/mol. The zero-order chi connectivity index (χ0) is 12.3. The standard InChI is InChI=1S/C4H13NO7P2/c5-3-1-2-4(6,13(7,8)9)14(10,11)12/h6H,1-3,5H2,(H2,7,8,9)(H2,10,11,12)/i6T. The van der Waals surface area contributed by atoms with Crippen molar-refractivity contribution in [3.05, 3.63) is 0 Å². The molecule has 0 fully saturated rings. The lowest BCUT2D eigenvalue weighted by atomic mass is 10.3. The third-order valence-electron chi connectivity index (χ3n) is 1.62. The molecule has 14 heavy (non-hydrogen) atoms. The Balaban J connectivity index is 5.33. The van der Waals surface area contributed by atoms with Crippen molar-refractivity contribution in [3.63, 3.8) is 0 Å². The van der Waals surface area contributed by atoms with Gasteiger partial charge in [-0.15, -0.1) is 0 Å². The van der Waals surface area contributed by atoms with E-state index < -0.39 is 26.7 Å². The van der Waals surface area contributed by atoms with Crippen LogP contribution in [0.25, 0.3) is 0 Å². The minimum absolute atomic E-state index is 0.0366. The van der Waals surface area contributed by atoms with Crippen molar-refractivity contribution in [3.8, 4) is 0 Å². The molecule has 0 saturated carbocycles. The molecule has 8 nitrogen and oxygen atoms in total. The first-order valence-electron chi connectivity index (χ1n) is 3.99. The summed E-state index contributed by atoms with van der Waals surface area (Å²) in [6.45, 7) is -0.0366. The summed E-state index contributed by atoms with van der Waals surface area (Å²) in [7, 11) is -10.6. The van der Waals surface area contributed by atoms with Crippen molar-refractivity contribution in [2.75, 3.05) is 6.54 Å². The minimum Gasteiger partial charge on any atom is -0.368 e. The van der Waals surface area contributed by atoms with E-state index in [4.69, 9.17) is 26.7 Å². The van der Waals surface area contributed by atoms with Crippen LogP contribution in [0.1, 0.15) is 12.8 Å². The lowest BCUT2D eigenvalue weighted by Gasteiger charge is -2.28. The molecule has 0 aromatic rings. The first-order valence-corrected chi connectivity index (χ1v) is 6.80. The summed E-state index contributed by atoms with van der Waals surface area (Å²) in [5.74, 6) is 0. The average Bonchev–Trinajstić information content (AvgIpc) is 2.01. The fraction of sp³-hybridized carbons (Fsp3) is 1.00. The van der Waals surface area contributed by atoms with Crippen LogP contribution >= 0.6 is 15.2 Å². The first-order chi connectivity index (χ1) is 6.62. The SMILES string of the molecule is [3H]OC(CCCN)(P(=O)(O)O)P(=O)(O)O. The van der Waals surface area contributed by atoms with E-state index in [1.807, 2.05) is 0 Å². The largest absolute Gasteiger partial charge is 0.369 e. The molecule has 10 heteroatoms. The lowest BCUT2D eigenvalue weighted by molar-refractivity contribution is 0.121. The van der Waals surface area contributed by atoms with E-state index in [0.29, 0.717) is 0 Å². The molecule has 0 aliphatic heterocycles. The van der Waals surface area contributed by atoms with E-state index in [2.05, 4.69) is 5.11 Å². The van der Waals surface area contributed by atoms with Gasteiger partial charge in [-0.05, 0) is 13.0 Å². The number of rotatable bonds is 6. The number of hydrogen-bond donors (Lipinski definition) is 6. The van der Waals surface area contributed by atoms with E-state index in [-0.39, 0.29) is 13.0 Å². The molecular formula is C4H13NO7P2. The maximum absolute atomic E-state index is 11.0. The Morgan fingerprint density at radius 3 is 1.86 bits per heavy atom. The summed E-state index contributed by atoms with van der Waals surface area (Å²) >= 11 is 0. The van der Waals surface area contributed by atoms with Crippen LogP contribution in [-0.2, 0) is 9.13 Å². The Labute approximate surface area is 81.6 Å². The van der Waals surface area contributed by atoms with Crippen LogP contribution in [-0.4, -0.2) is 37.7 Å². The molecule has 0 aliphatic carbocycles. The van der Waals surface area contributed by atoms with Crippen molar-refractivity contribution in [2.45, 2.75) is 17.9 Å². The van der Waals surface area contributed by atoms with Crippen LogP contribution in [0.3, 0.4) is 0 Å². The van der Waals surface area contributed by atoms with E-state index in [0.717, 1.165) is 0 Å². The van der Waals surface area contributed by atoms with Crippen LogP contribution in [0, 0.1) is 0 Å². The van der Waals surface area contributed by atoms with Crippen molar-refractivity contribution in [2.24, 2.45) is 5.73 Å². The van der Waals surface area contributed by atoms with Crippen molar-refractivity contribution in [1.29, 1.82) is 1.43 Å². The first kappa shape index (κ1) is 12.3. The van der Waals surface area contributed by atoms with Gasteiger partial charge in [-0.25, -0.2) is 0 Å². The maximum atomic E-state index is 11.0. The molecule has 0 amide bonds. The number of hydrogen-bond acceptors (Lipinski definition) is 4. The number of nitrogens with two attached hydrogens (primary N) is 1. The van der Waals surface area contributed by atoms with E-state index >= 15 is 0 Å². The van der Waals surface area contributed by atoms with Gasteiger partial charge in [0, 0.05) is 6.42 Å². The van der Waals surface area contributed by atoms with Gasteiger partial charge in [-0.2, -0.15) is 0 Å². The molecule has 0 bridgehead atoms. The molecule has 0 radical (unpaired) electrons. The molecule has 0 unspecified atom stereocenters. The molecule has 0 spiro atoms. The topological polar surface area (TPSA) is 161 Å². The highest BCUT2D eigenvalue weighted by Gasteiger charge is 2.58. The Kier molecular flexibility index (Phi) is 3.85. The monoisotopic (exact) mass is 251 g/mol. The molecule has 0 heterocycles. The molecule has 0 aliphatic rings. The summed E-state index contributed by atoms with van der Waals surface area (Å²) in [5.41, 5.74) is 5.05. The van der Waals surface area contributed by atoms with Gasteiger partial charge in [0.05, 0.1) is 0 Å². The predicted octanol–water partition coefficient (Wildman–Crippen LogP) is -1.27. The van der Waals surface area contributed by atoms with Crippen LogP contribution in [0.2, 0.25) is 0 Å². The van der Waals surface area contributed by atoms with Crippen molar-refractivity contribution in [1.82, 2.24) is 0 Å². The van der Waals surface area contributed by atoms with Gasteiger partial charge in [-0.1, -0.05) is 0 Å². The fourth-order valence-electron chi connectivity index (χ4n) is 0.793. The highest BCUT2D eigenvalue weighted by Crippen LogP contribution is 2.69. The molecule has 0 aromatic heterocycles. The third-order valence-corrected chi connectivity index (χ3v) is 5.45. The molecule has 7 N–H and O–H groups in total.